The molecule has 0 spiro atoms. The number of amides is 1. The molecule has 0 unspecified atom stereocenters. The lowest BCUT2D eigenvalue weighted by Crippen LogP contribution is -2.38. The third-order valence-electron chi connectivity index (χ3n) is 3.04. The highest BCUT2D eigenvalue weighted by Gasteiger charge is 2.22. The molecule has 1 aromatic carbocycles. The van der Waals surface area contributed by atoms with Crippen molar-refractivity contribution < 1.29 is 19.4 Å². The van der Waals surface area contributed by atoms with E-state index in [4.69, 9.17) is 9.84 Å². The summed E-state index contributed by atoms with van der Waals surface area (Å²) < 4.78 is 5.21. The van der Waals surface area contributed by atoms with E-state index >= 15 is 0 Å². The zero-order valence-corrected chi connectivity index (χ0v) is 12.3. The molecule has 1 amide bonds. The number of ether oxygens (including phenoxy) is 1. The number of carbonyl (C=O) groups is 2. The number of carboxylic acid groups (broad SMARTS) is 1. The molecule has 1 rings (SSSR count). The minimum atomic E-state index is -0.917. The Hall–Kier alpha value is -2.04. The third kappa shape index (κ3) is 3.98. The van der Waals surface area contributed by atoms with Gasteiger partial charge in [0, 0.05) is 12.6 Å². The van der Waals surface area contributed by atoms with Crippen LogP contribution in [0.2, 0.25) is 0 Å². The number of hydrogen-bond donors (Lipinski definition) is 1. The van der Waals surface area contributed by atoms with E-state index in [0.29, 0.717) is 11.3 Å². The number of aryl methyl sites for hydroxylation is 1. The van der Waals surface area contributed by atoms with Crippen LogP contribution in [-0.2, 0) is 4.79 Å². The van der Waals surface area contributed by atoms with Crippen molar-refractivity contribution >= 4 is 11.9 Å². The zero-order valence-electron chi connectivity index (χ0n) is 12.3. The predicted molar refractivity (Wildman–Crippen MR) is 76.2 cm³/mol. The molecule has 1 aromatic rings. The van der Waals surface area contributed by atoms with Gasteiger partial charge < -0.3 is 14.7 Å². The molecule has 20 heavy (non-hydrogen) atoms. The normalized spacial score (nSPS) is 10.4. The number of methoxy groups -OCH3 is 1. The Morgan fingerprint density at radius 2 is 2.00 bits per heavy atom. The first kappa shape index (κ1) is 16.0. The second-order valence-corrected chi connectivity index (χ2v) is 4.94. The van der Waals surface area contributed by atoms with Gasteiger partial charge in [0.2, 0.25) is 0 Å². The molecule has 110 valence electrons. The van der Waals surface area contributed by atoms with Crippen LogP contribution in [0.25, 0.3) is 0 Å². The molecule has 5 heteroatoms. The Kier molecular flexibility index (Phi) is 5.55. The largest absolute Gasteiger partial charge is 0.496 e. The van der Waals surface area contributed by atoms with Gasteiger partial charge in [-0.2, -0.15) is 0 Å². The molecule has 0 aliphatic carbocycles. The van der Waals surface area contributed by atoms with Gasteiger partial charge in [-0.05, 0) is 32.9 Å². The van der Waals surface area contributed by atoms with Crippen LogP contribution in [0.1, 0.15) is 36.2 Å². The number of rotatable bonds is 6. The number of aliphatic carboxylic acids is 1. The Bertz CT molecular complexity index is 497. The van der Waals surface area contributed by atoms with Gasteiger partial charge in [-0.1, -0.05) is 11.6 Å². The SMILES string of the molecule is COc1ccc(C)cc1C(=O)N(CCC(=O)O)C(C)C. The predicted octanol–water partition coefficient (Wildman–Crippen LogP) is 2.33. The van der Waals surface area contributed by atoms with E-state index in [2.05, 4.69) is 0 Å². The first-order valence-electron chi connectivity index (χ1n) is 6.54. The molecule has 0 heterocycles. The highest BCUT2D eigenvalue weighted by Crippen LogP contribution is 2.22. The van der Waals surface area contributed by atoms with Crippen molar-refractivity contribution in [1.29, 1.82) is 0 Å². The summed E-state index contributed by atoms with van der Waals surface area (Å²) in [4.78, 5) is 24.8. The minimum absolute atomic E-state index is 0.0714. The first-order chi connectivity index (χ1) is 9.36. The number of hydrogen-bond acceptors (Lipinski definition) is 3. The van der Waals surface area contributed by atoms with Crippen molar-refractivity contribution in [2.75, 3.05) is 13.7 Å². The topological polar surface area (TPSA) is 66.8 Å². The lowest BCUT2D eigenvalue weighted by atomic mass is 10.1. The standard InChI is InChI=1S/C15H21NO4/c1-10(2)16(8-7-14(17)18)15(19)12-9-11(3)5-6-13(12)20-4/h5-6,9-10H,7-8H2,1-4H3,(H,17,18). The number of carbonyl (C=O) groups excluding carboxylic acids is 1. The molecule has 0 bridgehead atoms. The smallest absolute Gasteiger partial charge is 0.305 e. The summed E-state index contributed by atoms with van der Waals surface area (Å²) in [7, 11) is 1.51. The van der Waals surface area contributed by atoms with Crippen molar-refractivity contribution in [3.05, 3.63) is 29.3 Å². The van der Waals surface area contributed by atoms with Crippen molar-refractivity contribution in [1.82, 2.24) is 4.90 Å². The van der Waals surface area contributed by atoms with Crippen LogP contribution >= 0.6 is 0 Å². The molecular weight excluding hydrogens is 258 g/mol. The maximum Gasteiger partial charge on any atom is 0.305 e. The summed E-state index contributed by atoms with van der Waals surface area (Å²) >= 11 is 0. The maximum atomic E-state index is 12.6. The second-order valence-electron chi connectivity index (χ2n) is 4.94. The van der Waals surface area contributed by atoms with E-state index in [0.717, 1.165) is 5.56 Å². The molecule has 0 aromatic heterocycles. The van der Waals surface area contributed by atoms with Gasteiger partial charge in [-0.3, -0.25) is 9.59 Å². The highest BCUT2D eigenvalue weighted by molar-refractivity contribution is 5.97. The minimum Gasteiger partial charge on any atom is -0.496 e. The summed E-state index contributed by atoms with van der Waals surface area (Å²) in [6.07, 6.45) is -0.0714. The van der Waals surface area contributed by atoms with Crippen LogP contribution in [0.5, 0.6) is 5.75 Å². The van der Waals surface area contributed by atoms with Gasteiger partial charge in [0.15, 0.2) is 0 Å². The van der Waals surface area contributed by atoms with E-state index < -0.39 is 5.97 Å². The van der Waals surface area contributed by atoms with Gasteiger partial charge in [0.25, 0.3) is 5.91 Å². The molecular formula is C15H21NO4. The lowest BCUT2D eigenvalue weighted by molar-refractivity contribution is -0.137. The molecule has 1 N–H and O–H groups in total. The van der Waals surface area contributed by atoms with Crippen LogP contribution in [0, 0.1) is 6.92 Å². The molecule has 0 saturated carbocycles. The van der Waals surface area contributed by atoms with Crippen LogP contribution in [0.3, 0.4) is 0 Å². The van der Waals surface area contributed by atoms with Crippen molar-refractivity contribution in [2.24, 2.45) is 0 Å². The first-order valence-corrected chi connectivity index (χ1v) is 6.54. The van der Waals surface area contributed by atoms with Crippen LogP contribution in [-0.4, -0.2) is 41.6 Å². The Balaban J connectivity index is 3.05. The van der Waals surface area contributed by atoms with Gasteiger partial charge in [-0.25, -0.2) is 0 Å². The molecule has 0 saturated heterocycles. The summed E-state index contributed by atoms with van der Waals surface area (Å²) in [5, 5.41) is 8.78. The van der Waals surface area contributed by atoms with Crippen molar-refractivity contribution in [2.45, 2.75) is 33.2 Å². The molecule has 0 radical (unpaired) electrons. The highest BCUT2D eigenvalue weighted by atomic mass is 16.5. The zero-order chi connectivity index (χ0) is 15.3. The van der Waals surface area contributed by atoms with E-state index in [1.54, 1.807) is 17.0 Å². The molecule has 5 nitrogen and oxygen atoms in total. The van der Waals surface area contributed by atoms with E-state index in [9.17, 15) is 9.59 Å². The lowest BCUT2D eigenvalue weighted by Gasteiger charge is -2.27. The fraction of sp³-hybridized carbons (Fsp3) is 0.467. The Morgan fingerprint density at radius 3 is 2.50 bits per heavy atom. The number of benzene rings is 1. The molecule has 0 fully saturated rings. The number of carboxylic acids is 1. The van der Waals surface area contributed by atoms with Crippen LogP contribution < -0.4 is 4.74 Å². The third-order valence-corrected chi connectivity index (χ3v) is 3.04. The second kappa shape index (κ2) is 6.93. The summed E-state index contributed by atoms with van der Waals surface area (Å²) in [6, 6.07) is 5.30. The van der Waals surface area contributed by atoms with Crippen molar-refractivity contribution in [3.63, 3.8) is 0 Å². The quantitative estimate of drug-likeness (QED) is 0.868. The van der Waals surface area contributed by atoms with E-state index in [-0.39, 0.29) is 24.9 Å². The average molecular weight is 279 g/mol. The monoisotopic (exact) mass is 279 g/mol. The van der Waals surface area contributed by atoms with Gasteiger partial charge >= 0.3 is 5.97 Å². The molecule has 0 atom stereocenters. The van der Waals surface area contributed by atoms with Crippen LogP contribution in [0.15, 0.2) is 18.2 Å². The fourth-order valence-electron chi connectivity index (χ4n) is 1.95. The van der Waals surface area contributed by atoms with Gasteiger partial charge in [0.1, 0.15) is 5.75 Å². The van der Waals surface area contributed by atoms with E-state index in [1.165, 1.54) is 7.11 Å². The Morgan fingerprint density at radius 1 is 1.35 bits per heavy atom. The van der Waals surface area contributed by atoms with Crippen LogP contribution in [0.4, 0.5) is 0 Å². The molecule has 0 aliphatic rings. The fourth-order valence-corrected chi connectivity index (χ4v) is 1.95. The number of nitrogens with zero attached hydrogens (tertiary/aromatic N) is 1. The summed E-state index contributed by atoms with van der Waals surface area (Å²) in [5.74, 6) is -0.622. The van der Waals surface area contributed by atoms with Crippen molar-refractivity contribution in [3.8, 4) is 5.75 Å². The van der Waals surface area contributed by atoms with E-state index in [1.807, 2.05) is 26.8 Å². The summed E-state index contributed by atoms with van der Waals surface area (Å²) in [5.41, 5.74) is 1.42. The van der Waals surface area contributed by atoms with Gasteiger partial charge in [0.05, 0.1) is 19.1 Å². The maximum absolute atomic E-state index is 12.6. The average Bonchev–Trinajstić information content (AvgIpc) is 2.37. The Labute approximate surface area is 119 Å². The summed E-state index contributed by atoms with van der Waals surface area (Å²) in [6.45, 7) is 5.81. The van der Waals surface area contributed by atoms with Gasteiger partial charge in [-0.15, -0.1) is 0 Å². The molecule has 0 aliphatic heterocycles.